The maximum atomic E-state index is 11.6. The summed E-state index contributed by atoms with van der Waals surface area (Å²) < 4.78 is 0. The van der Waals surface area contributed by atoms with Crippen molar-refractivity contribution in [2.24, 2.45) is 11.7 Å². The molecule has 1 aromatic carbocycles. The predicted molar refractivity (Wildman–Crippen MR) is 111 cm³/mol. The number of hydrogen-bond acceptors (Lipinski definition) is 7. The molecule has 28 heavy (non-hydrogen) atoms. The zero-order valence-electron chi connectivity index (χ0n) is 16.4. The first-order valence-electron chi connectivity index (χ1n) is 9.72. The van der Waals surface area contributed by atoms with Crippen LogP contribution in [0.5, 0.6) is 0 Å². The number of fused-ring (bicyclic) bond motifs is 1. The van der Waals surface area contributed by atoms with Gasteiger partial charge in [-0.1, -0.05) is 6.92 Å². The lowest BCUT2D eigenvalue weighted by Gasteiger charge is -2.34. The third-order valence-corrected chi connectivity index (χ3v) is 5.61. The molecule has 0 radical (unpaired) electrons. The Morgan fingerprint density at radius 2 is 2.04 bits per heavy atom. The maximum Gasteiger partial charge on any atom is 0.248 e. The minimum absolute atomic E-state index is 0.00158. The van der Waals surface area contributed by atoms with Gasteiger partial charge in [-0.25, -0.2) is 4.98 Å². The lowest BCUT2D eigenvalue weighted by molar-refractivity contribution is 0.1000. The smallest absolute Gasteiger partial charge is 0.248 e. The summed E-state index contributed by atoms with van der Waals surface area (Å²) in [5.74, 6) is 1.42. The van der Waals surface area contributed by atoms with Gasteiger partial charge in [-0.2, -0.15) is 4.98 Å². The quantitative estimate of drug-likeness (QED) is 0.739. The minimum Gasteiger partial charge on any atom is -0.384 e. The summed E-state index contributed by atoms with van der Waals surface area (Å²) in [6.45, 7) is 6.97. The van der Waals surface area contributed by atoms with E-state index < -0.39 is 5.91 Å². The molecular weight excluding hydrogens is 354 g/mol. The molecule has 8 heteroatoms. The Labute approximate surface area is 165 Å². The fourth-order valence-electron chi connectivity index (χ4n) is 3.82. The normalized spacial score (nSPS) is 22.3. The van der Waals surface area contributed by atoms with Crippen LogP contribution in [0.3, 0.4) is 0 Å². The zero-order valence-corrected chi connectivity index (χ0v) is 16.4. The number of piperazine rings is 1. The van der Waals surface area contributed by atoms with Crippen molar-refractivity contribution in [2.75, 3.05) is 55.3 Å². The fraction of sp³-hybridized carbons (Fsp3) is 0.450. The molecule has 4 N–H and O–H groups in total. The van der Waals surface area contributed by atoms with Crippen LogP contribution in [0.2, 0.25) is 0 Å². The van der Waals surface area contributed by atoms with E-state index in [0.717, 1.165) is 49.8 Å². The predicted octanol–water partition coefficient (Wildman–Crippen LogP) is 1.54. The van der Waals surface area contributed by atoms with Crippen molar-refractivity contribution >= 4 is 23.4 Å². The SMILES string of the molecule is CC1CNc2ccc(C(N)=O)cc2C1Nc1nccc(N2CCN(C)CC2)n1. The molecule has 8 nitrogen and oxygen atoms in total. The number of nitrogens with one attached hydrogen (secondary N) is 2. The number of nitrogens with two attached hydrogens (primary N) is 1. The van der Waals surface area contributed by atoms with Gasteiger partial charge in [0.25, 0.3) is 0 Å². The monoisotopic (exact) mass is 381 g/mol. The third kappa shape index (κ3) is 3.73. The van der Waals surface area contributed by atoms with E-state index in [9.17, 15) is 4.79 Å². The first-order chi connectivity index (χ1) is 13.5. The van der Waals surface area contributed by atoms with Gasteiger partial charge in [0, 0.05) is 50.2 Å². The number of benzene rings is 1. The van der Waals surface area contributed by atoms with Gasteiger partial charge in [0.2, 0.25) is 11.9 Å². The Morgan fingerprint density at radius 3 is 2.79 bits per heavy atom. The highest BCUT2D eigenvalue weighted by atomic mass is 16.1. The molecule has 2 aromatic rings. The molecule has 2 aliphatic heterocycles. The van der Waals surface area contributed by atoms with Gasteiger partial charge in [-0.15, -0.1) is 0 Å². The van der Waals surface area contributed by atoms with Crippen LogP contribution in [0, 0.1) is 5.92 Å². The van der Waals surface area contributed by atoms with E-state index in [1.165, 1.54) is 0 Å². The molecule has 0 saturated carbocycles. The van der Waals surface area contributed by atoms with Gasteiger partial charge >= 0.3 is 0 Å². The van der Waals surface area contributed by atoms with Gasteiger partial charge in [-0.05, 0) is 42.8 Å². The Balaban J connectivity index is 1.58. The van der Waals surface area contributed by atoms with Gasteiger partial charge < -0.3 is 26.2 Å². The molecule has 0 spiro atoms. The summed E-state index contributed by atoms with van der Waals surface area (Å²) in [6.07, 6.45) is 1.80. The second kappa shape index (κ2) is 7.63. The van der Waals surface area contributed by atoms with E-state index in [1.54, 1.807) is 12.3 Å². The van der Waals surface area contributed by atoms with E-state index >= 15 is 0 Å². The van der Waals surface area contributed by atoms with Crippen LogP contribution in [0.1, 0.15) is 28.9 Å². The van der Waals surface area contributed by atoms with E-state index in [-0.39, 0.29) is 6.04 Å². The summed E-state index contributed by atoms with van der Waals surface area (Å²) in [4.78, 5) is 25.4. The Morgan fingerprint density at radius 1 is 1.25 bits per heavy atom. The van der Waals surface area contributed by atoms with Crippen molar-refractivity contribution in [1.29, 1.82) is 0 Å². The van der Waals surface area contributed by atoms with Crippen molar-refractivity contribution in [2.45, 2.75) is 13.0 Å². The molecule has 4 rings (SSSR count). The molecule has 1 aromatic heterocycles. The molecule has 2 unspecified atom stereocenters. The summed E-state index contributed by atoms with van der Waals surface area (Å²) in [5, 5.41) is 6.91. The topological polar surface area (TPSA) is 99.4 Å². The number of likely N-dealkylation sites (N-methyl/N-ethyl adjacent to an activating group) is 1. The van der Waals surface area contributed by atoms with Gasteiger partial charge in [0.1, 0.15) is 5.82 Å². The molecule has 0 bridgehead atoms. The molecule has 1 fully saturated rings. The standard InChI is InChI=1S/C20H27N7O/c1-13-12-23-16-4-3-14(19(21)28)11-15(16)18(13)25-20-22-6-5-17(24-20)27-9-7-26(2)8-10-27/h3-6,11,13,18,23H,7-10,12H2,1-2H3,(H2,21,28)(H,22,24,25). The van der Waals surface area contributed by atoms with Crippen LogP contribution in [-0.4, -0.2) is 60.5 Å². The summed E-state index contributed by atoms with van der Waals surface area (Å²) in [7, 11) is 2.14. The lowest BCUT2D eigenvalue weighted by atomic mass is 9.88. The molecule has 0 aliphatic carbocycles. The second-order valence-corrected chi connectivity index (χ2v) is 7.68. The molecule has 2 aliphatic rings. The van der Waals surface area contributed by atoms with E-state index in [2.05, 4.69) is 39.4 Å². The van der Waals surface area contributed by atoms with Gasteiger partial charge in [0.15, 0.2) is 0 Å². The van der Waals surface area contributed by atoms with Crippen LogP contribution in [0.25, 0.3) is 0 Å². The third-order valence-electron chi connectivity index (χ3n) is 5.61. The molecule has 1 saturated heterocycles. The number of carbonyl (C=O) groups excluding carboxylic acids is 1. The van der Waals surface area contributed by atoms with E-state index in [4.69, 9.17) is 10.7 Å². The number of nitrogens with zero attached hydrogens (tertiary/aromatic N) is 4. The van der Waals surface area contributed by atoms with Crippen molar-refractivity contribution in [1.82, 2.24) is 14.9 Å². The number of anilines is 3. The molecule has 3 heterocycles. The number of hydrogen-bond donors (Lipinski definition) is 3. The summed E-state index contributed by atoms with van der Waals surface area (Å²) in [5.41, 5.74) is 8.01. The zero-order chi connectivity index (χ0) is 19.7. The van der Waals surface area contributed by atoms with Crippen molar-refractivity contribution < 1.29 is 4.79 Å². The average molecular weight is 381 g/mol. The van der Waals surface area contributed by atoms with Gasteiger partial charge in [-0.3, -0.25) is 4.79 Å². The highest BCUT2D eigenvalue weighted by Crippen LogP contribution is 2.36. The average Bonchev–Trinajstić information content (AvgIpc) is 2.70. The van der Waals surface area contributed by atoms with E-state index in [1.807, 2.05) is 18.2 Å². The van der Waals surface area contributed by atoms with Crippen molar-refractivity contribution in [3.05, 3.63) is 41.6 Å². The van der Waals surface area contributed by atoms with Crippen LogP contribution in [-0.2, 0) is 0 Å². The lowest BCUT2D eigenvalue weighted by Crippen LogP contribution is -2.44. The maximum absolute atomic E-state index is 11.6. The first kappa shape index (κ1) is 18.5. The van der Waals surface area contributed by atoms with Crippen LogP contribution >= 0.6 is 0 Å². The second-order valence-electron chi connectivity index (χ2n) is 7.68. The van der Waals surface area contributed by atoms with E-state index in [0.29, 0.717) is 17.4 Å². The largest absolute Gasteiger partial charge is 0.384 e. The Kier molecular flexibility index (Phi) is 5.04. The van der Waals surface area contributed by atoms with Crippen LogP contribution in [0.15, 0.2) is 30.5 Å². The fourth-order valence-corrected chi connectivity index (χ4v) is 3.82. The molecule has 1 amide bonds. The molecular formula is C20H27N7O. The Bertz CT molecular complexity index is 863. The number of rotatable bonds is 4. The molecule has 148 valence electrons. The van der Waals surface area contributed by atoms with Crippen LogP contribution in [0.4, 0.5) is 17.5 Å². The van der Waals surface area contributed by atoms with Crippen molar-refractivity contribution in [3.63, 3.8) is 0 Å². The highest BCUT2D eigenvalue weighted by molar-refractivity contribution is 5.93. The number of amides is 1. The van der Waals surface area contributed by atoms with Crippen LogP contribution < -0.4 is 21.3 Å². The number of aromatic nitrogens is 2. The Hall–Kier alpha value is -2.87. The summed E-state index contributed by atoms with van der Waals surface area (Å²) in [6, 6.07) is 7.49. The van der Waals surface area contributed by atoms with Gasteiger partial charge in [0.05, 0.1) is 6.04 Å². The molecule has 2 atom stereocenters. The first-order valence-corrected chi connectivity index (χ1v) is 9.72. The number of carbonyl (C=O) groups is 1. The highest BCUT2D eigenvalue weighted by Gasteiger charge is 2.28. The summed E-state index contributed by atoms with van der Waals surface area (Å²) >= 11 is 0. The number of primary amides is 1. The van der Waals surface area contributed by atoms with Crippen molar-refractivity contribution in [3.8, 4) is 0 Å². The minimum atomic E-state index is -0.423.